The third kappa shape index (κ3) is 3.96. The smallest absolute Gasteiger partial charge is 0.222 e. The van der Waals surface area contributed by atoms with Gasteiger partial charge in [0.25, 0.3) is 0 Å². The van der Waals surface area contributed by atoms with Crippen LogP contribution in [0.25, 0.3) is 5.69 Å². The molecule has 0 N–H and O–H groups in total. The van der Waals surface area contributed by atoms with Crippen LogP contribution in [0.5, 0.6) is 0 Å². The average Bonchev–Trinajstić information content (AvgIpc) is 3.48. The maximum Gasteiger partial charge on any atom is 0.222 e. The van der Waals surface area contributed by atoms with Crippen LogP contribution in [0, 0.1) is 0 Å². The molecule has 0 radical (unpaired) electrons. The van der Waals surface area contributed by atoms with Crippen LogP contribution in [0.4, 0.5) is 0 Å². The molecule has 2 heterocycles. The molecule has 1 fully saturated rings. The van der Waals surface area contributed by atoms with Gasteiger partial charge in [0.15, 0.2) is 0 Å². The highest BCUT2D eigenvalue weighted by Crippen LogP contribution is 2.32. The zero-order valence-corrected chi connectivity index (χ0v) is 17.6. The fourth-order valence-corrected chi connectivity index (χ4v) is 4.35. The molecule has 2 aliphatic rings. The van der Waals surface area contributed by atoms with Gasteiger partial charge in [-0.2, -0.15) is 5.10 Å². The molecule has 1 aliphatic heterocycles. The van der Waals surface area contributed by atoms with Crippen LogP contribution in [-0.2, 0) is 24.3 Å². The Bertz CT molecular complexity index is 858. The molecule has 1 amide bonds. The quantitative estimate of drug-likeness (QED) is 0.699. The SMILES string of the molecule is CCCN1CCc2c(c(CN(C(=O)CC)C3CC3)nn2-c2cccc(Cl)c2)C1. The number of aromatic nitrogens is 2. The minimum Gasteiger partial charge on any atom is -0.334 e. The summed E-state index contributed by atoms with van der Waals surface area (Å²) in [6, 6.07) is 8.27. The Hall–Kier alpha value is -1.85. The van der Waals surface area contributed by atoms with Crippen molar-refractivity contribution in [3.8, 4) is 5.69 Å². The fraction of sp³-hybridized carbons (Fsp3) is 0.545. The minimum absolute atomic E-state index is 0.231. The first kappa shape index (κ1) is 19.5. The standard InChI is InChI=1S/C22H29ClN4O/c1-3-11-25-12-10-21-19(14-25)20(15-26(17-8-9-17)22(28)4-2)24-27(21)18-7-5-6-16(23)13-18/h5-7,13,17H,3-4,8-12,14-15H2,1-2H3. The number of benzene rings is 1. The number of carbonyl (C=O) groups is 1. The summed E-state index contributed by atoms with van der Waals surface area (Å²) in [7, 11) is 0. The Balaban J connectivity index is 1.71. The van der Waals surface area contributed by atoms with Gasteiger partial charge in [0.1, 0.15) is 0 Å². The van der Waals surface area contributed by atoms with Gasteiger partial charge >= 0.3 is 0 Å². The van der Waals surface area contributed by atoms with Crippen molar-refractivity contribution in [2.75, 3.05) is 13.1 Å². The van der Waals surface area contributed by atoms with Crippen molar-refractivity contribution in [2.24, 2.45) is 0 Å². The third-order valence-corrected chi connectivity index (χ3v) is 5.98. The summed E-state index contributed by atoms with van der Waals surface area (Å²) in [5.74, 6) is 0.231. The maximum atomic E-state index is 12.5. The zero-order valence-electron chi connectivity index (χ0n) is 16.8. The van der Waals surface area contributed by atoms with Gasteiger partial charge in [-0.05, 0) is 44.0 Å². The van der Waals surface area contributed by atoms with Gasteiger partial charge in [-0.1, -0.05) is 31.5 Å². The van der Waals surface area contributed by atoms with E-state index in [-0.39, 0.29) is 5.91 Å². The molecule has 1 aliphatic carbocycles. The number of rotatable bonds is 7. The topological polar surface area (TPSA) is 41.4 Å². The van der Waals surface area contributed by atoms with Gasteiger partial charge in [-0.15, -0.1) is 0 Å². The van der Waals surface area contributed by atoms with E-state index < -0.39 is 0 Å². The van der Waals surface area contributed by atoms with Crippen LogP contribution in [0.2, 0.25) is 5.02 Å². The molecule has 1 aromatic heterocycles. The molecule has 0 bridgehead atoms. The van der Waals surface area contributed by atoms with E-state index >= 15 is 0 Å². The second-order valence-corrected chi connectivity index (χ2v) is 8.33. The number of nitrogens with zero attached hydrogens (tertiary/aromatic N) is 4. The van der Waals surface area contributed by atoms with E-state index in [0.717, 1.165) is 56.7 Å². The molecular formula is C22H29ClN4O. The number of carbonyl (C=O) groups excluding carboxylic acids is 1. The highest BCUT2D eigenvalue weighted by molar-refractivity contribution is 6.30. The van der Waals surface area contributed by atoms with Gasteiger partial charge < -0.3 is 4.90 Å². The first-order valence-electron chi connectivity index (χ1n) is 10.5. The number of halogens is 1. The molecule has 28 heavy (non-hydrogen) atoms. The lowest BCUT2D eigenvalue weighted by atomic mass is 10.0. The van der Waals surface area contributed by atoms with Gasteiger partial charge in [0, 0.05) is 42.6 Å². The molecule has 0 unspecified atom stereocenters. The lowest BCUT2D eigenvalue weighted by Crippen LogP contribution is -2.34. The first-order valence-corrected chi connectivity index (χ1v) is 10.9. The normalized spacial score (nSPS) is 16.8. The van der Waals surface area contributed by atoms with E-state index in [4.69, 9.17) is 16.7 Å². The van der Waals surface area contributed by atoms with E-state index in [1.807, 2.05) is 30.0 Å². The molecule has 1 saturated carbocycles. The number of hydrogen-bond acceptors (Lipinski definition) is 3. The Morgan fingerprint density at radius 3 is 2.82 bits per heavy atom. The molecule has 2 aromatic rings. The van der Waals surface area contributed by atoms with Crippen LogP contribution < -0.4 is 0 Å². The van der Waals surface area contributed by atoms with Gasteiger partial charge in [-0.3, -0.25) is 9.69 Å². The summed E-state index contributed by atoms with van der Waals surface area (Å²) in [4.78, 5) is 17.1. The van der Waals surface area contributed by atoms with Crippen LogP contribution in [0.1, 0.15) is 56.5 Å². The predicted octanol–water partition coefficient (Wildman–Crippen LogP) is 4.19. The molecule has 1 aromatic carbocycles. The Labute approximate surface area is 172 Å². The van der Waals surface area contributed by atoms with Crippen molar-refractivity contribution in [1.82, 2.24) is 19.6 Å². The monoisotopic (exact) mass is 400 g/mol. The Kier molecular flexibility index (Phi) is 5.74. The first-order chi connectivity index (χ1) is 13.6. The summed E-state index contributed by atoms with van der Waals surface area (Å²) in [6.45, 7) is 7.85. The van der Waals surface area contributed by atoms with E-state index in [9.17, 15) is 4.79 Å². The summed E-state index contributed by atoms with van der Waals surface area (Å²) in [5.41, 5.74) is 4.61. The van der Waals surface area contributed by atoms with Crippen LogP contribution in [-0.4, -0.2) is 44.6 Å². The highest BCUT2D eigenvalue weighted by atomic mass is 35.5. The van der Waals surface area contributed by atoms with Crippen molar-refractivity contribution in [3.63, 3.8) is 0 Å². The van der Waals surface area contributed by atoms with Gasteiger partial charge in [-0.25, -0.2) is 4.68 Å². The van der Waals surface area contributed by atoms with E-state index in [1.165, 1.54) is 11.3 Å². The summed E-state index contributed by atoms with van der Waals surface area (Å²) in [6.07, 6.45) is 4.90. The molecular weight excluding hydrogens is 372 g/mol. The molecule has 6 heteroatoms. The Morgan fingerprint density at radius 1 is 1.32 bits per heavy atom. The summed E-state index contributed by atoms with van der Waals surface area (Å²) in [5, 5.41) is 5.72. The van der Waals surface area contributed by atoms with Crippen LogP contribution in [0.15, 0.2) is 24.3 Å². The predicted molar refractivity (Wildman–Crippen MR) is 112 cm³/mol. The van der Waals surface area contributed by atoms with Crippen molar-refractivity contribution in [3.05, 3.63) is 46.2 Å². The number of hydrogen-bond donors (Lipinski definition) is 0. The molecule has 0 spiro atoms. The van der Waals surface area contributed by atoms with Crippen LogP contribution in [0.3, 0.4) is 0 Å². The fourth-order valence-electron chi connectivity index (χ4n) is 4.17. The molecule has 4 rings (SSSR count). The zero-order chi connectivity index (χ0) is 19.7. The van der Waals surface area contributed by atoms with Crippen molar-refractivity contribution in [2.45, 2.75) is 65.1 Å². The molecule has 0 atom stereocenters. The second-order valence-electron chi connectivity index (χ2n) is 7.90. The molecule has 150 valence electrons. The lowest BCUT2D eigenvalue weighted by molar-refractivity contribution is -0.132. The number of fused-ring (bicyclic) bond motifs is 1. The molecule has 0 saturated heterocycles. The van der Waals surface area contributed by atoms with E-state index in [1.54, 1.807) is 0 Å². The lowest BCUT2D eigenvalue weighted by Gasteiger charge is -2.28. The maximum absolute atomic E-state index is 12.5. The van der Waals surface area contributed by atoms with E-state index in [0.29, 0.717) is 24.0 Å². The minimum atomic E-state index is 0.231. The van der Waals surface area contributed by atoms with Crippen LogP contribution >= 0.6 is 11.6 Å². The summed E-state index contributed by atoms with van der Waals surface area (Å²) < 4.78 is 2.06. The van der Waals surface area contributed by atoms with Gasteiger partial charge in [0.05, 0.1) is 23.6 Å². The van der Waals surface area contributed by atoms with Gasteiger partial charge in [0.2, 0.25) is 5.91 Å². The van der Waals surface area contributed by atoms with Crippen molar-refractivity contribution < 1.29 is 4.79 Å². The second kappa shape index (κ2) is 8.26. The third-order valence-electron chi connectivity index (χ3n) is 5.74. The summed E-state index contributed by atoms with van der Waals surface area (Å²) >= 11 is 6.24. The average molecular weight is 401 g/mol. The number of amides is 1. The van der Waals surface area contributed by atoms with E-state index in [2.05, 4.69) is 22.6 Å². The van der Waals surface area contributed by atoms with Crippen molar-refractivity contribution in [1.29, 1.82) is 0 Å². The largest absolute Gasteiger partial charge is 0.334 e. The molecule has 5 nitrogen and oxygen atoms in total. The Morgan fingerprint density at radius 2 is 2.14 bits per heavy atom. The van der Waals surface area contributed by atoms with Crippen molar-refractivity contribution >= 4 is 17.5 Å². The highest BCUT2D eigenvalue weighted by Gasteiger charge is 2.34.